The topological polar surface area (TPSA) is 20.2 Å². The maximum Gasteiger partial charge on any atom is 0.172 e. The normalized spacial score (nSPS) is 10.9. The second-order valence-corrected chi connectivity index (χ2v) is 4.85. The third kappa shape index (κ3) is 1.71. The van der Waals surface area contributed by atoms with Crippen LogP contribution in [0.4, 0.5) is 0 Å². The van der Waals surface area contributed by atoms with Gasteiger partial charge in [0.2, 0.25) is 0 Å². The summed E-state index contributed by atoms with van der Waals surface area (Å²) in [5, 5.41) is 11.6. The molecule has 1 N–H and O–H groups in total. The van der Waals surface area contributed by atoms with Gasteiger partial charge in [-0.1, -0.05) is 27.3 Å². The van der Waals surface area contributed by atoms with Gasteiger partial charge in [0.05, 0.1) is 0 Å². The van der Waals surface area contributed by atoms with Crippen molar-refractivity contribution in [2.45, 2.75) is 10.2 Å². The Kier molecular flexibility index (Phi) is 2.53. The zero-order valence-corrected chi connectivity index (χ0v) is 9.92. The standard InChI is InChI=1S/C9H7BrOS2/c10-4-6-2-7(12)1-5-3-8(11)13-9(5)6/h1-3,11-12H,4H2. The number of aromatic hydroxyl groups is 1. The lowest BCUT2D eigenvalue weighted by molar-refractivity contribution is 0.491. The fraction of sp³-hybridized carbons (Fsp3) is 0.111. The van der Waals surface area contributed by atoms with Crippen molar-refractivity contribution in [2.24, 2.45) is 0 Å². The third-order valence-corrected chi connectivity index (χ3v) is 3.70. The molecule has 0 bridgehead atoms. The maximum absolute atomic E-state index is 9.35. The minimum atomic E-state index is 0.358. The van der Waals surface area contributed by atoms with Gasteiger partial charge in [-0.25, -0.2) is 0 Å². The number of halogens is 1. The van der Waals surface area contributed by atoms with Gasteiger partial charge in [0.15, 0.2) is 5.06 Å². The van der Waals surface area contributed by atoms with E-state index in [9.17, 15) is 5.11 Å². The van der Waals surface area contributed by atoms with E-state index in [1.165, 1.54) is 16.9 Å². The van der Waals surface area contributed by atoms with Crippen LogP contribution in [0.5, 0.6) is 5.06 Å². The van der Waals surface area contributed by atoms with Crippen LogP contribution in [0.15, 0.2) is 23.1 Å². The predicted octanol–water partition coefficient (Wildman–Crippen LogP) is 3.79. The zero-order valence-electron chi connectivity index (χ0n) is 6.62. The zero-order chi connectivity index (χ0) is 9.42. The average molecular weight is 275 g/mol. The van der Waals surface area contributed by atoms with Gasteiger partial charge in [-0.2, -0.15) is 0 Å². The number of rotatable bonds is 1. The molecule has 0 aliphatic rings. The molecule has 1 aromatic carbocycles. The highest BCUT2D eigenvalue weighted by Gasteiger charge is 2.05. The second-order valence-electron chi connectivity index (χ2n) is 2.74. The van der Waals surface area contributed by atoms with Gasteiger partial charge in [0.1, 0.15) is 0 Å². The van der Waals surface area contributed by atoms with Crippen molar-refractivity contribution in [3.8, 4) is 5.06 Å². The molecule has 1 aromatic heterocycles. The summed E-state index contributed by atoms with van der Waals surface area (Å²) in [6.45, 7) is 0. The van der Waals surface area contributed by atoms with Crippen LogP contribution < -0.4 is 0 Å². The molecule has 0 radical (unpaired) electrons. The van der Waals surface area contributed by atoms with E-state index in [0.717, 1.165) is 20.3 Å². The van der Waals surface area contributed by atoms with Crippen molar-refractivity contribution in [1.82, 2.24) is 0 Å². The first-order chi connectivity index (χ1) is 6.20. The Balaban J connectivity index is 2.80. The summed E-state index contributed by atoms with van der Waals surface area (Å²) in [7, 11) is 0. The van der Waals surface area contributed by atoms with Crippen LogP contribution in [0.1, 0.15) is 5.56 Å². The molecule has 0 spiro atoms. The number of thiophene rings is 1. The van der Waals surface area contributed by atoms with Gasteiger partial charge in [-0.05, 0) is 29.1 Å². The monoisotopic (exact) mass is 274 g/mol. The highest BCUT2D eigenvalue weighted by Crippen LogP contribution is 2.35. The van der Waals surface area contributed by atoms with Crippen LogP contribution in [-0.2, 0) is 5.33 Å². The van der Waals surface area contributed by atoms with Gasteiger partial charge in [-0.15, -0.1) is 12.6 Å². The summed E-state index contributed by atoms with van der Waals surface area (Å²) in [6, 6.07) is 5.74. The Hall–Kier alpha value is -0.190. The Bertz CT molecular complexity index is 450. The van der Waals surface area contributed by atoms with Crippen molar-refractivity contribution in [3.05, 3.63) is 23.8 Å². The van der Waals surface area contributed by atoms with E-state index in [1.54, 1.807) is 6.07 Å². The fourth-order valence-electron chi connectivity index (χ4n) is 1.29. The molecule has 0 unspecified atom stereocenters. The Morgan fingerprint density at radius 3 is 2.85 bits per heavy atom. The van der Waals surface area contributed by atoms with Gasteiger partial charge in [0.25, 0.3) is 0 Å². The third-order valence-electron chi connectivity index (χ3n) is 1.81. The summed E-state index contributed by atoms with van der Waals surface area (Å²) >= 11 is 9.11. The van der Waals surface area contributed by atoms with Crippen LogP contribution >= 0.6 is 39.9 Å². The molecule has 0 atom stereocenters. The van der Waals surface area contributed by atoms with Crippen LogP contribution in [0.2, 0.25) is 0 Å². The smallest absolute Gasteiger partial charge is 0.172 e. The lowest BCUT2D eigenvalue weighted by Crippen LogP contribution is -1.77. The van der Waals surface area contributed by atoms with E-state index in [1.807, 2.05) is 12.1 Å². The first-order valence-electron chi connectivity index (χ1n) is 3.71. The number of thiol groups is 1. The molecule has 0 amide bonds. The Morgan fingerprint density at radius 1 is 1.38 bits per heavy atom. The molecule has 0 aliphatic heterocycles. The summed E-state index contributed by atoms with van der Waals surface area (Å²) < 4.78 is 1.13. The van der Waals surface area contributed by atoms with Crippen molar-refractivity contribution in [1.29, 1.82) is 0 Å². The van der Waals surface area contributed by atoms with Crippen molar-refractivity contribution in [3.63, 3.8) is 0 Å². The number of alkyl halides is 1. The first-order valence-corrected chi connectivity index (χ1v) is 6.09. The molecule has 1 heterocycles. The van der Waals surface area contributed by atoms with Gasteiger partial charge < -0.3 is 5.11 Å². The Morgan fingerprint density at radius 2 is 2.15 bits per heavy atom. The number of hydrogen-bond donors (Lipinski definition) is 2. The summed E-state index contributed by atoms with van der Waals surface area (Å²) in [5.74, 6) is 0. The molecule has 13 heavy (non-hydrogen) atoms. The minimum absolute atomic E-state index is 0.358. The molecular formula is C9H7BrOS2. The van der Waals surface area contributed by atoms with Gasteiger partial charge in [0, 0.05) is 14.9 Å². The van der Waals surface area contributed by atoms with Crippen LogP contribution in [-0.4, -0.2) is 5.11 Å². The molecule has 4 heteroatoms. The highest BCUT2D eigenvalue weighted by molar-refractivity contribution is 9.08. The van der Waals surface area contributed by atoms with E-state index in [-0.39, 0.29) is 0 Å². The van der Waals surface area contributed by atoms with E-state index in [0.29, 0.717) is 5.06 Å². The molecule has 0 fully saturated rings. The summed E-state index contributed by atoms with van der Waals surface area (Å²) in [4.78, 5) is 0.930. The summed E-state index contributed by atoms with van der Waals surface area (Å²) in [5.41, 5.74) is 1.17. The largest absolute Gasteiger partial charge is 0.499 e. The SMILES string of the molecule is Oc1cc2cc(S)cc(CBr)c2s1. The van der Waals surface area contributed by atoms with E-state index < -0.39 is 0 Å². The molecule has 2 rings (SSSR count). The molecule has 0 saturated carbocycles. The first kappa shape index (κ1) is 9.37. The molecule has 1 nitrogen and oxygen atoms in total. The Labute approximate surface area is 93.9 Å². The van der Waals surface area contributed by atoms with Crippen LogP contribution in [0, 0.1) is 0 Å². The van der Waals surface area contributed by atoms with Crippen LogP contribution in [0.25, 0.3) is 10.1 Å². The van der Waals surface area contributed by atoms with E-state index in [4.69, 9.17) is 0 Å². The van der Waals surface area contributed by atoms with Crippen molar-refractivity contribution < 1.29 is 5.11 Å². The molecule has 0 saturated heterocycles. The lowest BCUT2D eigenvalue weighted by Gasteiger charge is -1.99. The van der Waals surface area contributed by atoms with Crippen molar-refractivity contribution >= 4 is 50.0 Å². The number of benzene rings is 1. The van der Waals surface area contributed by atoms with E-state index >= 15 is 0 Å². The van der Waals surface area contributed by atoms with Gasteiger partial charge >= 0.3 is 0 Å². The van der Waals surface area contributed by atoms with E-state index in [2.05, 4.69) is 28.6 Å². The molecule has 68 valence electrons. The second kappa shape index (κ2) is 3.52. The summed E-state index contributed by atoms with van der Waals surface area (Å²) in [6.07, 6.45) is 0. The molecule has 2 aromatic rings. The van der Waals surface area contributed by atoms with Gasteiger partial charge in [-0.3, -0.25) is 0 Å². The predicted molar refractivity (Wildman–Crippen MR) is 63.4 cm³/mol. The molecular weight excluding hydrogens is 268 g/mol. The van der Waals surface area contributed by atoms with Crippen molar-refractivity contribution in [2.75, 3.05) is 0 Å². The number of fused-ring (bicyclic) bond motifs is 1. The minimum Gasteiger partial charge on any atom is -0.499 e. The lowest BCUT2D eigenvalue weighted by atomic mass is 10.2. The highest BCUT2D eigenvalue weighted by atomic mass is 79.9. The fourth-order valence-corrected chi connectivity index (χ4v) is 3.11. The maximum atomic E-state index is 9.35. The average Bonchev–Trinajstić information content (AvgIpc) is 2.43. The quantitative estimate of drug-likeness (QED) is 0.599. The number of hydrogen-bond acceptors (Lipinski definition) is 3. The van der Waals surface area contributed by atoms with Crippen LogP contribution in [0.3, 0.4) is 0 Å². The molecule has 0 aliphatic carbocycles.